The summed E-state index contributed by atoms with van der Waals surface area (Å²) in [4.78, 5) is 22.4. The number of aromatic amines is 1. The van der Waals surface area contributed by atoms with Gasteiger partial charge in [0.1, 0.15) is 11.6 Å². The van der Waals surface area contributed by atoms with Crippen LogP contribution in [0.2, 0.25) is 0 Å². The van der Waals surface area contributed by atoms with Crippen molar-refractivity contribution in [3.63, 3.8) is 0 Å². The summed E-state index contributed by atoms with van der Waals surface area (Å²) in [5, 5.41) is 8.19. The maximum absolute atomic E-state index is 13.9. The van der Waals surface area contributed by atoms with E-state index < -0.39 is 0 Å². The predicted octanol–water partition coefficient (Wildman–Crippen LogP) is 5.07. The fraction of sp³-hybridized carbons (Fsp3) is 0.321. The van der Waals surface area contributed by atoms with E-state index in [-0.39, 0.29) is 17.8 Å². The van der Waals surface area contributed by atoms with Crippen LogP contribution in [-0.2, 0) is 0 Å². The van der Waals surface area contributed by atoms with E-state index in [0.717, 1.165) is 48.0 Å². The second-order valence-electron chi connectivity index (χ2n) is 9.16. The molecule has 3 heterocycles. The molecule has 1 saturated heterocycles. The van der Waals surface area contributed by atoms with E-state index >= 15 is 0 Å². The zero-order chi connectivity index (χ0) is 25.1. The Balaban J connectivity index is 1.50. The molecule has 0 spiro atoms. The molecule has 1 aliphatic heterocycles. The van der Waals surface area contributed by atoms with Crippen LogP contribution in [0.25, 0.3) is 22.0 Å². The Morgan fingerprint density at radius 3 is 2.78 bits per heavy atom. The smallest absolute Gasteiger partial charge is 0.254 e. The molecule has 0 bridgehead atoms. The number of likely N-dealkylation sites (tertiary alicyclic amines) is 1. The minimum absolute atomic E-state index is 0.123. The van der Waals surface area contributed by atoms with Gasteiger partial charge in [-0.2, -0.15) is 5.10 Å². The predicted molar refractivity (Wildman–Crippen MR) is 137 cm³/mol. The third-order valence-electron chi connectivity index (χ3n) is 6.83. The number of carbonyl (C=O) groups is 1. The number of amides is 1. The monoisotopic (exact) mass is 487 g/mol. The molecule has 1 amide bonds. The Hall–Kier alpha value is -3.78. The summed E-state index contributed by atoms with van der Waals surface area (Å²) in [5.74, 6) is 0.111. The summed E-state index contributed by atoms with van der Waals surface area (Å²) in [6.45, 7) is 5.06. The number of ether oxygens (including phenoxy) is 1. The summed E-state index contributed by atoms with van der Waals surface area (Å²) >= 11 is 0. The molecule has 2 aromatic heterocycles. The van der Waals surface area contributed by atoms with Gasteiger partial charge in [0.2, 0.25) is 0 Å². The Morgan fingerprint density at radius 1 is 1.17 bits per heavy atom. The van der Waals surface area contributed by atoms with Crippen molar-refractivity contribution in [3.8, 4) is 16.9 Å². The molecule has 5 rings (SSSR count). The highest BCUT2D eigenvalue weighted by atomic mass is 19.1. The van der Waals surface area contributed by atoms with Crippen LogP contribution in [0.5, 0.6) is 5.75 Å². The van der Waals surface area contributed by atoms with E-state index in [0.29, 0.717) is 30.0 Å². The fourth-order valence-electron chi connectivity index (χ4n) is 4.95. The SMILES string of the molecule is CCOc1cc(C(=O)N(C)[C@@H](CN2CCCC2)c2cncc3cn[nH]c23)ccc1-c1cccc(F)c1. The number of pyridine rings is 1. The van der Waals surface area contributed by atoms with Crippen molar-refractivity contribution in [3.05, 3.63) is 78.0 Å². The Morgan fingerprint density at radius 2 is 2.00 bits per heavy atom. The number of likely N-dealkylation sites (N-methyl/N-ethyl adjacent to an activating group) is 1. The molecule has 0 saturated carbocycles. The molecular weight excluding hydrogens is 457 g/mol. The normalized spacial score (nSPS) is 14.8. The Labute approximate surface area is 209 Å². The third-order valence-corrected chi connectivity index (χ3v) is 6.83. The van der Waals surface area contributed by atoms with Gasteiger partial charge in [0.05, 0.1) is 24.4 Å². The minimum Gasteiger partial charge on any atom is -0.493 e. The molecule has 0 unspecified atom stereocenters. The largest absolute Gasteiger partial charge is 0.493 e. The van der Waals surface area contributed by atoms with E-state index in [1.165, 1.54) is 12.1 Å². The lowest BCUT2D eigenvalue weighted by Crippen LogP contribution is -2.38. The molecule has 1 fully saturated rings. The standard InChI is InChI=1S/C28H30FN5O2/c1-3-36-26-14-20(9-10-23(26)19-7-6-8-22(29)13-19)28(35)33(2)25(18-34-11-4-5-12-34)24-17-30-15-21-16-31-32-27(21)24/h6-10,13-17,25H,3-5,11-12,18H2,1-2H3,(H,31,32)/t25-/m0/s1. The van der Waals surface area contributed by atoms with Crippen LogP contribution in [0.3, 0.4) is 0 Å². The van der Waals surface area contributed by atoms with E-state index in [1.54, 1.807) is 35.5 Å². The zero-order valence-corrected chi connectivity index (χ0v) is 20.6. The molecule has 7 nitrogen and oxygen atoms in total. The van der Waals surface area contributed by atoms with Crippen LogP contribution >= 0.6 is 0 Å². The van der Waals surface area contributed by atoms with Crippen molar-refractivity contribution in [2.45, 2.75) is 25.8 Å². The number of nitrogens with zero attached hydrogens (tertiary/aromatic N) is 4. The first-order valence-corrected chi connectivity index (χ1v) is 12.3. The van der Waals surface area contributed by atoms with Gasteiger partial charge in [-0.05, 0) is 68.8 Å². The first-order valence-electron chi connectivity index (χ1n) is 12.3. The van der Waals surface area contributed by atoms with Gasteiger partial charge in [-0.1, -0.05) is 12.1 Å². The van der Waals surface area contributed by atoms with Gasteiger partial charge in [-0.3, -0.25) is 14.9 Å². The van der Waals surface area contributed by atoms with E-state index in [2.05, 4.69) is 20.1 Å². The lowest BCUT2D eigenvalue weighted by Gasteiger charge is -2.32. The first-order chi connectivity index (χ1) is 17.5. The summed E-state index contributed by atoms with van der Waals surface area (Å²) in [5.41, 5.74) is 3.79. The van der Waals surface area contributed by atoms with Gasteiger partial charge < -0.3 is 14.5 Å². The first kappa shape index (κ1) is 23.9. The quantitative estimate of drug-likeness (QED) is 0.376. The number of carbonyl (C=O) groups excluding carboxylic acids is 1. The lowest BCUT2D eigenvalue weighted by molar-refractivity contribution is 0.0696. The summed E-state index contributed by atoms with van der Waals surface area (Å²) < 4.78 is 19.7. The van der Waals surface area contributed by atoms with Crippen LogP contribution in [0.4, 0.5) is 4.39 Å². The minimum atomic E-state index is -0.318. The van der Waals surface area contributed by atoms with Gasteiger partial charge in [0.25, 0.3) is 5.91 Å². The van der Waals surface area contributed by atoms with Gasteiger partial charge in [0.15, 0.2) is 0 Å². The molecule has 36 heavy (non-hydrogen) atoms. The molecule has 1 atom stereocenters. The molecular formula is C28H30FN5O2. The van der Waals surface area contributed by atoms with Crippen molar-refractivity contribution < 1.29 is 13.9 Å². The topological polar surface area (TPSA) is 74.3 Å². The molecule has 8 heteroatoms. The number of hydrogen-bond donors (Lipinski definition) is 1. The summed E-state index contributed by atoms with van der Waals surface area (Å²) in [6, 6.07) is 11.5. The highest BCUT2D eigenvalue weighted by molar-refractivity contribution is 5.96. The van der Waals surface area contributed by atoms with Crippen molar-refractivity contribution in [2.75, 3.05) is 33.3 Å². The van der Waals surface area contributed by atoms with Crippen LogP contribution in [-0.4, -0.2) is 64.2 Å². The number of aromatic nitrogens is 3. The summed E-state index contributed by atoms with van der Waals surface area (Å²) in [6.07, 6.45) is 7.67. The number of fused-ring (bicyclic) bond motifs is 1. The lowest BCUT2D eigenvalue weighted by atomic mass is 10.0. The van der Waals surface area contributed by atoms with Gasteiger partial charge in [0, 0.05) is 48.1 Å². The van der Waals surface area contributed by atoms with E-state index in [4.69, 9.17) is 4.74 Å². The molecule has 1 N–H and O–H groups in total. The number of rotatable bonds is 8. The zero-order valence-electron chi connectivity index (χ0n) is 20.6. The van der Waals surface area contributed by atoms with Crippen molar-refractivity contribution >= 4 is 16.8 Å². The number of H-pyrrole nitrogens is 1. The fourth-order valence-corrected chi connectivity index (χ4v) is 4.95. The highest BCUT2D eigenvalue weighted by Crippen LogP contribution is 2.33. The number of hydrogen-bond acceptors (Lipinski definition) is 5. The molecule has 186 valence electrons. The van der Waals surface area contributed by atoms with Crippen LogP contribution in [0.1, 0.15) is 41.7 Å². The maximum atomic E-state index is 13.9. The maximum Gasteiger partial charge on any atom is 0.254 e. The summed E-state index contributed by atoms with van der Waals surface area (Å²) in [7, 11) is 1.83. The van der Waals surface area contributed by atoms with Crippen molar-refractivity contribution in [2.24, 2.45) is 0 Å². The number of halogens is 1. The number of benzene rings is 2. The van der Waals surface area contributed by atoms with Gasteiger partial charge in [-0.25, -0.2) is 4.39 Å². The van der Waals surface area contributed by atoms with Crippen LogP contribution in [0, 0.1) is 5.82 Å². The Bertz CT molecular complexity index is 1370. The van der Waals surface area contributed by atoms with Crippen molar-refractivity contribution in [1.29, 1.82) is 0 Å². The van der Waals surface area contributed by atoms with Gasteiger partial charge >= 0.3 is 0 Å². The second-order valence-corrected chi connectivity index (χ2v) is 9.16. The highest BCUT2D eigenvalue weighted by Gasteiger charge is 2.29. The molecule has 1 aliphatic rings. The molecule has 0 aliphatic carbocycles. The second kappa shape index (κ2) is 10.5. The van der Waals surface area contributed by atoms with Gasteiger partial charge in [-0.15, -0.1) is 0 Å². The molecule has 4 aromatic rings. The third kappa shape index (κ3) is 4.81. The molecule has 2 aromatic carbocycles. The van der Waals surface area contributed by atoms with E-state index in [9.17, 15) is 9.18 Å². The van der Waals surface area contributed by atoms with E-state index in [1.807, 2.05) is 32.3 Å². The Kier molecular flexibility index (Phi) is 6.95. The average Bonchev–Trinajstić information content (AvgIpc) is 3.59. The van der Waals surface area contributed by atoms with Crippen LogP contribution in [0.15, 0.2) is 61.1 Å². The number of nitrogens with one attached hydrogen (secondary N) is 1. The average molecular weight is 488 g/mol. The van der Waals surface area contributed by atoms with Crippen molar-refractivity contribution in [1.82, 2.24) is 25.0 Å². The van der Waals surface area contributed by atoms with Crippen LogP contribution < -0.4 is 4.74 Å². The molecule has 0 radical (unpaired) electrons.